The van der Waals surface area contributed by atoms with Crippen molar-refractivity contribution in [2.24, 2.45) is 5.92 Å². The second-order valence-electron chi connectivity index (χ2n) is 5.33. The summed E-state index contributed by atoms with van der Waals surface area (Å²) in [5, 5.41) is 12.8. The third kappa shape index (κ3) is 3.27. The Balaban J connectivity index is 2.19. The predicted molar refractivity (Wildman–Crippen MR) is 79.4 cm³/mol. The van der Waals surface area contributed by atoms with Crippen molar-refractivity contribution in [1.82, 2.24) is 5.32 Å². The molecule has 1 heterocycles. The summed E-state index contributed by atoms with van der Waals surface area (Å²) in [4.78, 5) is 2.37. The zero-order valence-electron chi connectivity index (χ0n) is 11.9. The standard InChI is InChI=1S/C16H23N3/c1-3-19(12-14-7-5-9-18-11-14)16-13(2)6-4-8-15(16)10-17/h4,6,8,14,18H,3,5,7,9,11-12H2,1-2H3. The zero-order valence-corrected chi connectivity index (χ0v) is 11.9. The van der Waals surface area contributed by atoms with E-state index in [1.165, 1.54) is 18.4 Å². The van der Waals surface area contributed by atoms with Crippen LogP contribution in [0.15, 0.2) is 18.2 Å². The Kier molecular flexibility index (Phi) is 4.81. The number of nitrogens with zero attached hydrogens (tertiary/aromatic N) is 2. The summed E-state index contributed by atoms with van der Waals surface area (Å²) in [6, 6.07) is 8.31. The van der Waals surface area contributed by atoms with Crippen LogP contribution < -0.4 is 10.2 Å². The van der Waals surface area contributed by atoms with Crippen LogP contribution in [0.4, 0.5) is 5.69 Å². The molecule has 0 bridgehead atoms. The molecule has 0 radical (unpaired) electrons. The van der Waals surface area contributed by atoms with Crippen molar-refractivity contribution in [1.29, 1.82) is 5.26 Å². The smallest absolute Gasteiger partial charge is 0.101 e. The molecule has 3 nitrogen and oxygen atoms in total. The first-order chi connectivity index (χ1) is 9.26. The van der Waals surface area contributed by atoms with Gasteiger partial charge in [0.2, 0.25) is 0 Å². The Bertz CT molecular complexity index is 456. The first-order valence-electron chi connectivity index (χ1n) is 7.21. The molecular weight excluding hydrogens is 234 g/mol. The van der Waals surface area contributed by atoms with Gasteiger partial charge in [-0.2, -0.15) is 5.26 Å². The van der Waals surface area contributed by atoms with Gasteiger partial charge in [0.05, 0.1) is 11.3 Å². The highest BCUT2D eigenvalue weighted by Gasteiger charge is 2.19. The molecule has 3 heteroatoms. The van der Waals surface area contributed by atoms with E-state index in [1.807, 2.05) is 12.1 Å². The maximum absolute atomic E-state index is 9.30. The molecule has 0 saturated carbocycles. The first kappa shape index (κ1) is 13.9. The lowest BCUT2D eigenvalue weighted by atomic mass is 9.98. The maximum atomic E-state index is 9.30. The third-order valence-corrected chi connectivity index (χ3v) is 3.93. The molecule has 0 aliphatic carbocycles. The Morgan fingerprint density at radius 2 is 2.32 bits per heavy atom. The lowest BCUT2D eigenvalue weighted by molar-refractivity contribution is 0.378. The van der Waals surface area contributed by atoms with Crippen LogP contribution in [0.5, 0.6) is 0 Å². The number of nitriles is 1. The van der Waals surface area contributed by atoms with Gasteiger partial charge in [0.25, 0.3) is 0 Å². The molecule has 102 valence electrons. The van der Waals surface area contributed by atoms with Gasteiger partial charge in [-0.1, -0.05) is 12.1 Å². The average Bonchev–Trinajstić information content (AvgIpc) is 2.46. The summed E-state index contributed by atoms with van der Waals surface area (Å²) in [6.07, 6.45) is 2.55. The van der Waals surface area contributed by atoms with Crippen molar-refractivity contribution in [3.63, 3.8) is 0 Å². The van der Waals surface area contributed by atoms with E-state index in [9.17, 15) is 5.26 Å². The van der Waals surface area contributed by atoms with Crippen LogP contribution >= 0.6 is 0 Å². The maximum Gasteiger partial charge on any atom is 0.101 e. The molecular formula is C16H23N3. The van der Waals surface area contributed by atoms with Gasteiger partial charge < -0.3 is 10.2 Å². The molecule has 1 aliphatic heterocycles. The van der Waals surface area contributed by atoms with E-state index < -0.39 is 0 Å². The fraction of sp³-hybridized carbons (Fsp3) is 0.562. The van der Waals surface area contributed by atoms with E-state index in [0.717, 1.165) is 37.4 Å². The Morgan fingerprint density at radius 3 is 2.95 bits per heavy atom. The molecule has 1 fully saturated rings. The number of benzene rings is 1. The van der Waals surface area contributed by atoms with Gasteiger partial charge in [-0.05, 0) is 57.3 Å². The summed E-state index contributed by atoms with van der Waals surface area (Å²) in [7, 11) is 0. The first-order valence-corrected chi connectivity index (χ1v) is 7.21. The molecule has 1 saturated heterocycles. The summed E-state index contributed by atoms with van der Waals surface area (Å²) < 4.78 is 0. The molecule has 1 unspecified atom stereocenters. The lowest BCUT2D eigenvalue weighted by Gasteiger charge is -2.32. The van der Waals surface area contributed by atoms with E-state index in [-0.39, 0.29) is 0 Å². The summed E-state index contributed by atoms with van der Waals surface area (Å²) in [6.45, 7) is 8.52. The minimum absolute atomic E-state index is 0.694. The van der Waals surface area contributed by atoms with Crippen molar-refractivity contribution >= 4 is 5.69 Å². The van der Waals surface area contributed by atoms with Gasteiger partial charge in [0.1, 0.15) is 6.07 Å². The molecule has 1 aliphatic rings. The third-order valence-electron chi connectivity index (χ3n) is 3.93. The molecule has 1 aromatic rings. The zero-order chi connectivity index (χ0) is 13.7. The molecule has 1 atom stereocenters. The molecule has 2 rings (SSSR count). The fourth-order valence-electron chi connectivity index (χ4n) is 2.94. The van der Waals surface area contributed by atoms with E-state index >= 15 is 0 Å². The highest BCUT2D eigenvalue weighted by atomic mass is 15.1. The summed E-state index contributed by atoms with van der Waals surface area (Å²) >= 11 is 0. The van der Waals surface area contributed by atoms with Gasteiger partial charge in [0, 0.05) is 13.1 Å². The predicted octanol–water partition coefficient (Wildman–Crippen LogP) is 2.69. The fourth-order valence-corrected chi connectivity index (χ4v) is 2.94. The van der Waals surface area contributed by atoms with E-state index in [4.69, 9.17) is 0 Å². The van der Waals surface area contributed by atoms with Crippen molar-refractivity contribution in [3.8, 4) is 6.07 Å². The Hall–Kier alpha value is -1.53. The number of anilines is 1. The number of hydrogen-bond acceptors (Lipinski definition) is 3. The summed E-state index contributed by atoms with van der Waals surface area (Å²) in [5.41, 5.74) is 3.12. The highest BCUT2D eigenvalue weighted by Crippen LogP contribution is 2.26. The number of aryl methyl sites for hydroxylation is 1. The second kappa shape index (κ2) is 6.58. The Morgan fingerprint density at radius 1 is 1.47 bits per heavy atom. The van der Waals surface area contributed by atoms with Crippen molar-refractivity contribution in [2.45, 2.75) is 26.7 Å². The summed E-state index contributed by atoms with van der Waals surface area (Å²) in [5.74, 6) is 0.694. The molecule has 1 aromatic carbocycles. The average molecular weight is 257 g/mol. The minimum atomic E-state index is 0.694. The van der Waals surface area contributed by atoms with Crippen molar-refractivity contribution in [3.05, 3.63) is 29.3 Å². The van der Waals surface area contributed by atoms with Gasteiger partial charge >= 0.3 is 0 Å². The van der Waals surface area contributed by atoms with Crippen molar-refractivity contribution in [2.75, 3.05) is 31.1 Å². The number of rotatable bonds is 4. The number of piperidine rings is 1. The van der Waals surface area contributed by atoms with Crippen molar-refractivity contribution < 1.29 is 0 Å². The van der Waals surface area contributed by atoms with Crippen LogP contribution in [-0.4, -0.2) is 26.2 Å². The minimum Gasteiger partial charge on any atom is -0.370 e. The van der Waals surface area contributed by atoms with Crippen LogP contribution in [0, 0.1) is 24.2 Å². The monoisotopic (exact) mass is 257 g/mol. The van der Waals surface area contributed by atoms with Crippen LogP contribution in [0.25, 0.3) is 0 Å². The SMILES string of the molecule is CCN(CC1CCCNC1)c1c(C)cccc1C#N. The Labute approximate surface area is 116 Å². The van der Waals surface area contributed by atoms with Gasteiger partial charge in [-0.15, -0.1) is 0 Å². The van der Waals surface area contributed by atoms with Crippen LogP contribution in [0.3, 0.4) is 0 Å². The second-order valence-corrected chi connectivity index (χ2v) is 5.33. The lowest BCUT2D eigenvalue weighted by Crippen LogP contribution is -2.38. The van der Waals surface area contributed by atoms with Crippen LogP contribution in [0.2, 0.25) is 0 Å². The quantitative estimate of drug-likeness (QED) is 0.901. The van der Waals surface area contributed by atoms with Gasteiger partial charge in [-0.25, -0.2) is 0 Å². The molecule has 0 aromatic heterocycles. The van der Waals surface area contributed by atoms with Crippen LogP contribution in [-0.2, 0) is 0 Å². The normalized spacial score (nSPS) is 18.9. The van der Waals surface area contributed by atoms with Gasteiger partial charge in [-0.3, -0.25) is 0 Å². The molecule has 1 N–H and O–H groups in total. The number of hydrogen-bond donors (Lipinski definition) is 1. The number of nitrogens with one attached hydrogen (secondary N) is 1. The van der Waals surface area contributed by atoms with E-state index in [1.54, 1.807) is 0 Å². The van der Waals surface area contributed by atoms with Crippen LogP contribution in [0.1, 0.15) is 30.9 Å². The highest BCUT2D eigenvalue weighted by molar-refractivity contribution is 5.64. The molecule has 0 amide bonds. The van der Waals surface area contributed by atoms with E-state index in [0.29, 0.717) is 5.92 Å². The largest absolute Gasteiger partial charge is 0.370 e. The molecule has 0 spiro atoms. The van der Waals surface area contributed by atoms with Gasteiger partial charge in [0.15, 0.2) is 0 Å². The number of para-hydroxylation sites is 1. The topological polar surface area (TPSA) is 39.1 Å². The van der Waals surface area contributed by atoms with E-state index in [2.05, 4.69) is 36.2 Å². The molecule has 19 heavy (non-hydrogen) atoms.